The third-order valence-corrected chi connectivity index (χ3v) is 4.11. The van der Waals surface area contributed by atoms with Crippen LogP contribution in [0.2, 0.25) is 0 Å². The molecule has 2 saturated carbocycles. The van der Waals surface area contributed by atoms with Crippen LogP contribution in [0, 0.1) is 0 Å². The van der Waals surface area contributed by atoms with Crippen molar-refractivity contribution in [2.45, 2.75) is 50.6 Å². The smallest absolute Gasteiger partial charge is 0.268 e. The van der Waals surface area contributed by atoms with Crippen molar-refractivity contribution in [3.63, 3.8) is 0 Å². The number of nitrogens with one attached hydrogen (secondary N) is 1. The van der Waals surface area contributed by atoms with Crippen LogP contribution in [-0.2, 0) is 0 Å². The van der Waals surface area contributed by atoms with Gasteiger partial charge in [-0.1, -0.05) is 12.8 Å². The largest absolute Gasteiger partial charge is 0.348 e. The lowest BCUT2D eigenvalue weighted by Crippen LogP contribution is -2.33. The predicted molar refractivity (Wildman–Crippen MR) is 70.1 cm³/mol. The zero-order chi connectivity index (χ0) is 11.8. The highest BCUT2D eigenvalue weighted by Gasteiger charge is 2.28. The van der Waals surface area contributed by atoms with Gasteiger partial charge in [0, 0.05) is 22.8 Å². The van der Waals surface area contributed by atoms with Crippen molar-refractivity contribution in [2.24, 2.45) is 0 Å². The molecule has 92 valence electrons. The second-order valence-electron chi connectivity index (χ2n) is 5.14. The average molecular weight is 297 g/mol. The van der Waals surface area contributed by atoms with Gasteiger partial charge in [0.1, 0.15) is 5.69 Å². The van der Waals surface area contributed by atoms with Crippen molar-refractivity contribution in [3.05, 3.63) is 22.4 Å². The zero-order valence-electron chi connectivity index (χ0n) is 9.79. The highest BCUT2D eigenvalue weighted by Crippen LogP contribution is 2.37. The molecule has 3 rings (SSSR count). The fourth-order valence-corrected chi connectivity index (χ4v) is 3.05. The molecule has 0 saturated heterocycles. The molecule has 17 heavy (non-hydrogen) atoms. The van der Waals surface area contributed by atoms with E-state index >= 15 is 0 Å². The molecule has 0 spiro atoms. The Balaban J connectivity index is 1.75. The Hall–Kier alpha value is -0.770. The molecule has 0 radical (unpaired) electrons. The highest BCUT2D eigenvalue weighted by atomic mass is 79.9. The number of halogens is 1. The molecule has 2 aliphatic rings. The maximum atomic E-state index is 12.2. The Morgan fingerprint density at radius 3 is 2.65 bits per heavy atom. The van der Waals surface area contributed by atoms with Gasteiger partial charge in [-0.05, 0) is 47.7 Å². The van der Waals surface area contributed by atoms with Gasteiger partial charge in [-0.3, -0.25) is 4.79 Å². The molecule has 1 aromatic rings. The summed E-state index contributed by atoms with van der Waals surface area (Å²) in [6.45, 7) is 0. The second-order valence-corrected chi connectivity index (χ2v) is 6.05. The highest BCUT2D eigenvalue weighted by molar-refractivity contribution is 9.10. The third kappa shape index (κ3) is 2.41. The van der Waals surface area contributed by atoms with E-state index in [2.05, 4.69) is 25.8 Å². The van der Waals surface area contributed by atoms with Crippen molar-refractivity contribution in [1.82, 2.24) is 9.88 Å². The second kappa shape index (κ2) is 4.48. The minimum atomic E-state index is 0.0921. The molecule has 0 unspecified atom stereocenters. The van der Waals surface area contributed by atoms with E-state index in [1.807, 2.05) is 12.3 Å². The molecule has 0 atom stereocenters. The Kier molecular flexibility index (Phi) is 2.99. The summed E-state index contributed by atoms with van der Waals surface area (Å²) in [6.07, 6.45) is 9.20. The zero-order valence-corrected chi connectivity index (χ0v) is 11.4. The van der Waals surface area contributed by atoms with E-state index in [1.165, 1.54) is 25.7 Å². The molecule has 0 aliphatic heterocycles. The summed E-state index contributed by atoms with van der Waals surface area (Å²) in [7, 11) is 0. The van der Waals surface area contributed by atoms with Gasteiger partial charge in [-0.2, -0.15) is 0 Å². The number of carbonyl (C=O) groups excluding carboxylic acids is 1. The van der Waals surface area contributed by atoms with Gasteiger partial charge in [0.25, 0.3) is 5.91 Å². The SMILES string of the molecule is O=C(NC1CCCC1)c1cc(Br)cn1C1CC1. The van der Waals surface area contributed by atoms with E-state index < -0.39 is 0 Å². The number of aromatic nitrogens is 1. The van der Waals surface area contributed by atoms with Gasteiger partial charge >= 0.3 is 0 Å². The molecule has 2 fully saturated rings. The van der Waals surface area contributed by atoms with Gasteiger partial charge in [-0.25, -0.2) is 0 Å². The van der Waals surface area contributed by atoms with E-state index in [1.54, 1.807) is 0 Å². The maximum absolute atomic E-state index is 12.2. The topological polar surface area (TPSA) is 34.0 Å². The van der Waals surface area contributed by atoms with Crippen LogP contribution in [0.5, 0.6) is 0 Å². The number of hydrogen-bond donors (Lipinski definition) is 1. The molecule has 3 nitrogen and oxygen atoms in total. The summed E-state index contributed by atoms with van der Waals surface area (Å²) in [4.78, 5) is 12.2. The summed E-state index contributed by atoms with van der Waals surface area (Å²) in [6, 6.07) is 2.87. The fraction of sp³-hybridized carbons (Fsp3) is 0.615. The monoisotopic (exact) mass is 296 g/mol. The van der Waals surface area contributed by atoms with Crippen LogP contribution in [0.25, 0.3) is 0 Å². The summed E-state index contributed by atoms with van der Waals surface area (Å²) in [5, 5.41) is 3.15. The summed E-state index contributed by atoms with van der Waals surface area (Å²) in [5.41, 5.74) is 0.811. The maximum Gasteiger partial charge on any atom is 0.268 e. The van der Waals surface area contributed by atoms with Crippen molar-refractivity contribution in [1.29, 1.82) is 0 Å². The number of rotatable bonds is 3. The molecule has 1 amide bonds. The van der Waals surface area contributed by atoms with Crippen molar-refractivity contribution < 1.29 is 4.79 Å². The number of nitrogens with zero attached hydrogens (tertiary/aromatic N) is 1. The first-order valence-electron chi connectivity index (χ1n) is 6.42. The van der Waals surface area contributed by atoms with Crippen molar-refractivity contribution >= 4 is 21.8 Å². The van der Waals surface area contributed by atoms with Crippen LogP contribution < -0.4 is 5.32 Å². The summed E-state index contributed by atoms with van der Waals surface area (Å²) < 4.78 is 3.12. The summed E-state index contributed by atoms with van der Waals surface area (Å²) >= 11 is 3.46. The Morgan fingerprint density at radius 1 is 1.29 bits per heavy atom. The van der Waals surface area contributed by atoms with Crippen LogP contribution in [0.3, 0.4) is 0 Å². The van der Waals surface area contributed by atoms with Gasteiger partial charge in [0.15, 0.2) is 0 Å². The molecular weight excluding hydrogens is 280 g/mol. The minimum absolute atomic E-state index is 0.0921. The molecule has 1 N–H and O–H groups in total. The molecule has 4 heteroatoms. The van der Waals surface area contributed by atoms with Crippen LogP contribution >= 0.6 is 15.9 Å². The first-order chi connectivity index (χ1) is 8.24. The lowest BCUT2D eigenvalue weighted by molar-refractivity contribution is 0.0928. The van der Waals surface area contributed by atoms with Gasteiger partial charge < -0.3 is 9.88 Å². The minimum Gasteiger partial charge on any atom is -0.348 e. The number of amides is 1. The van der Waals surface area contributed by atoms with E-state index in [0.29, 0.717) is 12.1 Å². The Labute approximate surface area is 110 Å². The lowest BCUT2D eigenvalue weighted by atomic mass is 10.2. The lowest BCUT2D eigenvalue weighted by Gasteiger charge is -2.13. The molecular formula is C13H17BrN2O. The Bertz CT molecular complexity index is 431. The number of hydrogen-bond acceptors (Lipinski definition) is 1. The predicted octanol–water partition coefficient (Wildman–Crippen LogP) is 3.26. The van der Waals surface area contributed by atoms with Crippen LogP contribution in [-0.4, -0.2) is 16.5 Å². The van der Waals surface area contributed by atoms with E-state index in [0.717, 1.165) is 23.0 Å². The summed E-state index contributed by atoms with van der Waals surface area (Å²) in [5.74, 6) is 0.0921. The van der Waals surface area contributed by atoms with Crippen LogP contribution in [0.1, 0.15) is 55.1 Å². The average Bonchev–Trinajstić information content (AvgIpc) is 2.88. The first-order valence-corrected chi connectivity index (χ1v) is 7.21. The molecule has 2 aliphatic carbocycles. The standard InChI is InChI=1S/C13H17BrN2O/c14-9-7-12(16(8-9)11-5-6-11)13(17)15-10-3-1-2-4-10/h7-8,10-11H,1-6H2,(H,15,17). The molecule has 0 aromatic carbocycles. The van der Waals surface area contributed by atoms with Crippen molar-refractivity contribution in [2.75, 3.05) is 0 Å². The molecule has 1 aromatic heterocycles. The van der Waals surface area contributed by atoms with E-state index in [-0.39, 0.29) is 5.91 Å². The number of carbonyl (C=O) groups is 1. The third-order valence-electron chi connectivity index (χ3n) is 3.68. The fourth-order valence-electron chi connectivity index (χ4n) is 2.61. The van der Waals surface area contributed by atoms with Crippen molar-refractivity contribution in [3.8, 4) is 0 Å². The molecule has 0 bridgehead atoms. The quantitative estimate of drug-likeness (QED) is 0.913. The van der Waals surface area contributed by atoms with E-state index in [4.69, 9.17) is 0 Å². The van der Waals surface area contributed by atoms with Gasteiger partial charge in [-0.15, -0.1) is 0 Å². The normalized spacial score (nSPS) is 20.8. The van der Waals surface area contributed by atoms with Gasteiger partial charge in [0.05, 0.1) is 0 Å². The van der Waals surface area contributed by atoms with Crippen LogP contribution in [0.15, 0.2) is 16.7 Å². The molecule has 1 heterocycles. The van der Waals surface area contributed by atoms with E-state index in [9.17, 15) is 4.79 Å². The van der Waals surface area contributed by atoms with Crippen LogP contribution in [0.4, 0.5) is 0 Å². The first kappa shape index (κ1) is 11.3. The van der Waals surface area contributed by atoms with Gasteiger partial charge in [0.2, 0.25) is 0 Å². The Morgan fingerprint density at radius 2 is 2.00 bits per heavy atom.